The Morgan fingerprint density at radius 3 is 2.53 bits per heavy atom. The maximum Gasteiger partial charge on any atom is 0.261 e. The van der Waals surface area contributed by atoms with Gasteiger partial charge in [0.2, 0.25) is 5.91 Å². The molecule has 0 aliphatic carbocycles. The number of anilines is 1. The summed E-state index contributed by atoms with van der Waals surface area (Å²) in [6.07, 6.45) is 2.14. The van der Waals surface area contributed by atoms with Gasteiger partial charge < -0.3 is 24.3 Å². The highest BCUT2D eigenvalue weighted by Crippen LogP contribution is 2.48. The molecule has 2 atom stereocenters. The first-order chi connectivity index (χ1) is 20.5. The van der Waals surface area contributed by atoms with Crippen LogP contribution in [0.1, 0.15) is 30.6 Å². The Labute approximate surface area is 261 Å². The molecule has 3 saturated heterocycles. The number of pyridine rings is 1. The number of ether oxygens (including phenoxy) is 1. The third kappa shape index (κ3) is 5.36. The van der Waals surface area contributed by atoms with Gasteiger partial charge in [0, 0.05) is 63.9 Å². The molecule has 1 unspecified atom stereocenters. The van der Waals surface area contributed by atoms with Gasteiger partial charge in [0.15, 0.2) is 5.75 Å². The molecule has 43 heavy (non-hydrogen) atoms. The van der Waals surface area contributed by atoms with Gasteiger partial charge in [-0.1, -0.05) is 35.8 Å². The van der Waals surface area contributed by atoms with Gasteiger partial charge in [-0.25, -0.2) is 9.37 Å². The van der Waals surface area contributed by atoms with Crippen molar-refractivity contribution in [2.75, 3.05) is 70.9 Å². The molecule has 0 spiro atoms. The lowest BCUT2D eigenvalue weighted by molar-refractivity contribution is -0.128. The zero-order valence-corrected chi connectivity index (χ0v) is 26.3. The zero-order valence-electron chi connectivity index (χ0n) is 24.8. The third-order valence-electron chi connectivity index (χ3n) is 9.31. The predicted molar refractivity (Wildman–Crippen MR) is 166 cm³/mol. The maximum absolute atomic E-state index is 15.3. The number of nitrogens with zero attached hydrogens (tertiary/aromatic N) is 6. The zero-order chi connectivity index (χ0) is 30.6. The first-order valence-corrected chi connectivity index (χ1v) is 15.5. The quantitative estimate of drug-likeness (QED) is 0.472. The van der Waals surface area contributed by atoms with Crippen LogP contribution in [0.15, 0.2) is 30.9 Å². The van der Waals surface area contributed by atoms with E-state index in [1.165, 1.54) is 18.2 Å². The number of hydrogen-bond donors (Lipinski definition) is 0. The minimum absolute atomic E-state index is 0.0330. The topological polar surface area (TPSA) is 72.5 Å². The number of fused-ring (bicyclic) bond motifs is 2. The highest BCUT2D eigenvalue weighted by Gasteiger charge is 2.47. The lowest BCUT2D eigenvalue weighted by Gasteiger charge is -2.40. The van der Waals surface area contributed by atoms with Crippen LogP contribution >= 0.6 is 23.2 Å². The number of carbonyl (C=O) groups excluding carboxylic acids is 2. The van der Waals surface area contributed by atoms with E-state index in [1.54, 1.807) is 15.9 Å². The van der Waals surface area contributed by atoms with Crippen LogP contribution in [0.25, 0.3) is 11.3 Å². The van der Waals surface area contributed by atoms with E-state index < -0.39 is 11.9 Å². The molecule has 9 nitrogen and oxygen atoms in total. The molecule has 4 aliphatic heterocycles. The van der Waals surface area contributed by atoms with Gasteiger partial charge in [0.1, 0.15) is 28.8 Å². The van der Waals surface area contributed by atoms with Gasteiger partial charge >= 0.3 is 0 Å². The second-order valence-electron chi connectivity index (χ2n) is 12.5. The smallest absolute Gasteiger partial charge is 0.261 e. The van der Waals surface area contributed by atoms with Crippen LogP contribution in [0.4, 0.5) is 10.2 Å². The maximum atomic E-state index is 15.3. The first-order valence-electron chi connectivity index (χ1n) is 14.7. The van der Waals surface area contributed by atoms with Crippen molar-refractivity contribution >= 4 is 40.8 Å². The fourth-order valence-electron chi connectivity index (χ4n) is 6.87. The van der Waals surface area contributed by atoms with Crippen molar-refractivity contribution in [3.63, 3.8) is 0 Å². The van der Waals surface area contributed by atoms with Crippen LogP contribution in [0, 0.1) is 5.82 Å². The lowest BCUT2D eigenvalue weighted by atomic mass is 9.98. The SMILES string of the molecule is C=CC(=O)N1CCN2C(=O)c3c(N4CC(N5CCN(C)CC5)CC4(C)C)nc(-c4c(F)cccc4Cl)c(Cl)c3OC[C@H]2C1. The van der Waals surface area contributed by atoms with Crippen molar-refractivity contribution < 1.29 is 18.7 Å². The Bertz CT molecular complexity index is 1440. The Hall–Kier alpha value is -2.92. The summed E-state index contributed by atoms with van der Waals surface area (Å²) in [5, 5.41) is 0.192. The molecule has 3 fully saturated rings. The lowest BCUT2D eigenvalue weighted by Crippen LogP contribution is -2.57. The summed E-state index contributed by atoms with van der Waals surface area (Å²) in [5.41, 5.74) is 0.0828. The Morgan fingerprint density at radius 2 is 1.84 bits per heavy atom. The standard InChI is InChI=1S/C31H37Cl2FN6O3/c1-5-23(41)38-13-14-39-20(16-38)18-43-28-25(30(39)42)29(35-27(26(28)33)24-21(32)7-6-8-22(24)34)40-17-19(15-31(40,2)3)37-11-9-36(4)10-12-37/h5-8,19-20H,1,9-18H2,2-4H3/t19?,20-/m1/s1. The van der Waals surface area contributed by atoms with Crippen molar-refractivity contribution in [3.8, 4) is 17.0 Å². The molecule has 0 N–H and O–H groups in total. The van der Waals surface area contributed by atoms with E-state index in [0.29, 0.717) is 32.0 Å². The van der Waals surface area contributed by atoms with Crippen molar-refractivity contribution in [2.45, 2.75) is 37.9 Å². The normalized spacial score (nSPS) is 24.3. The van der Waals surface area contributed by atoms with Gasteiger partial charge in [0.05, 0.1) is 22.3 Å². The molecule has 0 radical (unpaired) electrons. The van der Waals surface area contributed by atoms with Crippen molar-refractivity contribution in [2.24, 2.45) is 0 Å². The molecule has 0 bridgehead atoms. The van der Waals surface area contributed by atoms with Gasteiger partial charge in [-0.05, 0) is 45.5 Å². The minimum atomic E-state index is -0.570. The third-order valence-corrected chi connectivity index (χ3v) is 9.97. The highest BCUT2D eigenvalue weighted by molar-refractivity contribution is 6.37. The second-order valence-corrected chi connectivity index (χ2v) is 13.3. The number of benzene rings is 1. The molecule has 1 aromatic heterocycles. The van der Waals surface area contributed by atoms with Crippen molar-refractivity contribution in [3.05, 3.63) is 52.3 Å². The molecule has 12 heteroatoms. The summed E-state index contributed by atoms with van der Waals surface area (Å²) in [6, 6.07) is 4.28. The summed E-state index contributed by atoms with van der Waals surface area (Å²) in [7, 11) is 2.14. The van der Waals surface area contributed by atoms with Crippen LogP contribution in [0.2, 0.25) is 10.0 Å². The van der Waals surface area contributed by atoms with E-state index in [4.69, 9.17) is 32.9 Å². The highest BCUT2D eigenvalue weighted by atomic mass is 35.5. The van der Waals surface area contributed by atoms with Crippen molar-refractivity contribution in [1.82, 2.24) is 24.6 Å². The number of amides is 2. The molecular formula is C31H37Cl2FN6O3. The van der Waals surface area contributed by atoms with Gasteiger partial charge in [-0.2, -0.15) is 0 Å². The molecule has 230 valence electrons. The molecule has 1 aromatic carbocycles. The minimum Gasteiger partial charge on any atom is -0.489 e. The van der Waals surface area contributed by atoms with E-state index in [1.807, 2.05) is 0 Å². The first kappa shape index (κ1) is 30.1. The fraction of sp³-hybridized carbons (Fsp3) is 0.516. The number of halogens is 3. The summed E-state index contributed by atoms with van der Waals surface area (Å²) < 4.78 is 21.7. The molecule has 0 saturated carbocycles. The van der Waals surface area contributed by atoms with Crippen LogP contribution in [-0.2, 0) is 4.79 Å². The average molecular weight is 632 g/mol. The number of rotatable bonds is 4. The molecule has 5 heterocycles. The molecular weight excluding hydrogens is 594 g/mol. The van der Waals surface area contributed by atoms with Gasteiger partial charge in [-0.3, -0.25) is 14.5 Å². The van der Waals surface area contributed by atoms with Gasteiger partial charge in [0.25, 0.3) is 5.91 Å². The summed E-state index contributed by atoms with van der Waals surface area (Å²) in [6.45, 7) is 13.6. The molecule has 4 aliphatic rings. The number of aromatic nitrogens is 1. The predicted octanol–water partition coefficient (Wildman–Crippen LogP) is 4.03. The Morgan fingerprint density at radius 1 is 1.09 bits per heavy atom. The van der Waals surface area contributed by atoms with E-state index in [9.17, 15) is 9.59 Å². The summed E-state index contributed by atoms with van der Waals surface area (Å²) >= 11 is 13.5. The summed E-state index contributed by atoms with van der Waals surface area (Å²) in [4.78, 5) is 42.2. The van der Waals surface area contributed by atoms with E-state index in [2.05, 4.69) is 42.2 Å². The van der Waals surface area contributed by atoms with E-state index in [-0.39, 0.29) is 62.6 Å². The summed E-state index contributed by atoms with van der Waals surface area (Å²) in [5.74, 6) is -0.455. The largest absolute Gasteiger partial charge is 0.489 e. The number of likely N-dealkylation sites (N-methyl/N-ethyl adjacent to an activating group) is 1. The number of carbonyl (C=O) groups is 2. The second kappa shape index (κ2) is 11.5. The number of hydrogen-bond acceptors (Lipinski definition) is 7. The molecule has 2 amide bonds. The monoisotopic (exact) mass is 630 g/mol. The van der Waals surface area contributed by atoms with Gasteiger partial charge in [-0.15, -0.1) is 0 Å². The van der Waals surface area contributed by atoms with Crippen LogP contribution in [0.3, 0.4) is 0 Å². The average Bonchev–Trinajstić information content (AvgIpc) is 3.22. The fourth-order valence-corrected chi connectivity index (χ4v) is 7.41. The van der Waals surface area contributed by atoms with E-state index >= 15 is 4.39 Å². The molecule has 6 rings (SSSR count). The van der Waals surface area contributed by atoms with Crippen LogP contribution < -0.4 is 9.64 Å². The number of piperazine rings is 2. The Kier molecular flexibility index (Phi) is 8.08. The van der Waals surface area contributed by atoms with Crippen molar-refractivity contribution in [1.29, 1.82) is 0 Å². The van der Waals surface area contributed by atoms with Crippen LogP contribution in [0.5, 0.6) is 5.75 Å². The molecule has 2 aromatic rings. The van der Waals surface area contributed by atoms with E-state index in [0.717, 1.165) is 32.6 Å². The Balaban J connectivity index is 1.47. The van der Waals surface area contributed by atoms with Crippen LogP contribution in [-0.4, -0.2) is 120 Å².